The lowest BCUT2D eigenvalue weighted by molar-refractivity contribution is -0.129. The van der Waals surface area contributed by atoms with E-state index in [1.807, 2.05) is 6.07 Å². The summed E-state index contributed by atoms with van der Waals surface area (Å²) in [5.41, 5.74) is 0.400. The highest BCUT2D eigenvalue weighted by Crippen LogP contribution is 2.19. The van der Waals surface area contributed by atoms with Gasteiger partial charge in [-0.05, 0) is 25.1 Å². The molecule has 0 radical (unpaired) electrons. The molecule has 2 aromatic carbocycles. The predicted octanol–water partition coefficient (Wildman–Crippen LogP) is 2.49. The number of alkyl halides is 2. The fraction of sp³-hybridized carbons (Fsp3) is 0.263. The molecule has 0 spiro atoms. The molecule has 2 N–H and O–H groups in total. The average molecular weight is 378 g/mol. The molecular weight excluding hydrogens is 358 g/mol. The summed E-state index contributed by atoms with van der Waals surface area (Å²) in [4.78, 5) is 24.0. The van der Waals surface area contributed by atoms with Gasteiger partial charge < -0.3 is 20.1 Å². The van der Waals surface area contributed by atoms with Crippen LogP contribution in [0.5, 0.6) is 11.5 Å². The van der Waals surface area contributed by atoms with Crippen molar-refractivity contribution in [3.05, 3.63) is 60.2 Å². The molecule has 8 heteroatoms. The lowest BCUT2D eigenvalue weighted by atomic mass is 10.2. The van der Waals surface area contributed by atoms with Gasteiger partial charge in [-0.15, -0.1) is 0 Å². The van der Waals surface area contributed by atoms with E-state index in [2.05, 4.69) is 15.4 Å². The van der Waals surface area contributed by atoms with E-state index in [1.165, 1.54) is 13.0 Å². The average Bonchev–Trinajstić information content (AvgIpc) is 2.65. The number of rotatable bonds is 9. The van der Waals surface area contributed by atoms with Crippen LogP contribution in [0, 0.1) is 0 Å². The number of halogens is 2. The second-order valence-corrected chi connectivity index (χ2v) is 5.59. The van der Waals surface area contributed by atoms with Crippen LogP contribution >= 0.6 is 0 Å². The van der Waals surface area contributed by atoms with Gasteiger partial charge in [0.15, 0.2) is 6.61 Å². The summed E-state index contributed by atoms with van der Waals surface area (Å²) in [6.45, 7) is -1.68. The van der Waals surface area contributed by atoms with E-state index in [0.717, 1.165) is 0 Å². The Morgan fingerprint density at radius 1 is 1.04 bits per heavy atom. The van der Waals surface area contributed by atoms with Gasteiger partial charge in [0.25, 0.3) is 5.91 Å². The first kappa shape index (κ1) is 20.2. The summed E-state index contributed by atoms with van der Waals surface area (Å²) in [6.07, 6.45) is 0. The quantitative estimate of drug-likeness (QED) is 0.703. The summed E-state index contributed by atoms with van der Waals surface area (Å²) >= 11 is 0. The Morgan fingerprint density at radius 3 is 2.41 bits per heavy atom. The Labute approximate surface area is 155 Å². The lowest BCUT2D eigenvalue weighted by Crippen LogP contribution is -2.46. The second kappa shape index (κ2) is 10.1. The molecule has 0 aromatic heterocycles. The molecule has 144 valence electrons. The fourth-order valence-electron chi connectivity index (χ4n) is 2.21. The molecule has 27 heavy (non-hydrogen) atoms. The zero-order chi connectivity index (χ0) is 19.6. The van der Waals surface area contributed by atoms with Crippen molar-refractivity contribution in [2.45, 2.75) is 26.1 Å². The molecule has 0 bridgehead atoms. The Bertz CT molecular complexity index is 756. The van der Waals surface area contributed by atoms with Crippen LogP contribution in [0.4, 0.5) is 8.78 Å². The summed E-state index contributed by atoms with van der Waals surface area (Å²) in [5, 5.41) is 5.08. The van der Waals surface area contributed by atoms with Gasteiger partial charge in [0, 0.05) is 12.1 Å². The molecule has 2 rings (SSSR count). The second-order valence-electron chi connectivity index (χ2n) is 5.59. The summed E-state index contributed by atoms with van der Waals surface area (Å²) < 4.78 is 34.5. The number of hydrogen-bond acceptors (Lipinski definition) is 4. The van der Waals surface area contributed by atoms with Crippen LogP contribution in [-0.4, -0.2) is 31.1 Å². The van der Waals surface area contributed by atoms with E-state index in [-0.39, 0.29) is 18.9 Å². The number of benzene rings is 2. The molecule has 2 aromatic rings. The Balaban J connectivity index is 1.79. The van der Waals surface area contributed by atoms with Gasteiger partial charge >= 0.3 is 6.61 Å². The van der Waals surface area contributed by atoms with Gasteiger partial charge in [0.05, 0.1) is 0 Å². The Morgan fingerprint density at radius 2 is 1.70 bits per heavy atom. The van der Waals surface area contributed by atoms with Gasteiger partial charge in [0.2, 0.25) is 5.91 Å². The monoisotopic (exact) mass is 378 g/mol. The molecule has 0 aliphatic heterocycles. The number of nitrogens with one attached hydrogen (secondary N) is 2. The SMILES string of the molecule is C[C@@H](NC(=O)COc1ccccc1)C(=O)NCc1ccccc1OC(F)F. The minimum absolute atomic E-state index is 0.0115. The molecule has 0 aliphatic rings. The van der Waals surface area contributed by atoms with Crippen LogP contribution in [0.25, 0.3) is 0 Å². The van der Waals surface area contributed by atoms with Crippen LogP contribution in [0.1, 0.15) is 12.5 Å². The molecule has 0 aliphatic carbocycles. The molecule has 6 nitrogen and oxygen atoms in total. The van der Waals surface area contributed by atoms with E-state index in [1.54, 1.807) is 42.5 Å². The molecule has 0 heterocycles. The molecule has 0 unspecified atom stereocenters. The Kier molecular flexibility index (Phi) is 7.54. The van der Waals surface area contributed by atoms with Gasteiger partial charge in [-0.1, -0.05) is 36.4 Å². The highest BCUT2D eigenvalue weighted by Gasteiger charge is 2.17. The smallest absolute Gasteiger partial charge is 0.387 e. The number of hydrogen-bond donors (Lipinski definition) is 2. The number of carbonyl (C=O) groups excluding carboxylic acids is 2. The first-order valence-corrected chi connectivity index (χ1v) is 8.23. The van der Waals surface area contributed by atoms with E-state index in [9.17, 15) is 18.4 Å². The zero-order valence-electron chi connectivity index (χ0n) is 14.7. The summed E-state index contributed by atoms with van der Waals surface area (Å²) in [6, 6.07) is 14.1. The van der Waals surface area contributed by atoms with Crippen molar-refractivity contribution in [2.75, 3.05) is 6.61 Å². The minimum atomic E-state index is -2.95. The number of para-hydroxylation sites is 2. The highest BCUT2D eigenvalue weighted by molar-refractivity contribution is 5.87. The summed E-state index contributed by atoms with van der Waals surface area (Å²) in [7, 11) is 0. The lowest BCUT2D eigenvalue weighted by Gasteiger charge is -2.16. The van der Waals surface area contributed by atoms with E-state index in [0.29, 0.717) is 11.3 Å². The maximum Gasteiger partial charge on any atom is 0.387 e. The molecule has 0 fully saturated rings. The van der Waals surface area contributed by atoms with Gasteiger partial charge in [0.1, 0.15) is 17.5 Å². The maximum atomic E-state index is 12.4. The van der Waals surface area contributed by atoms with Crippen molar-refractivity contribution in [3.63, 3.8) is 0 Å². The molecular formula is C19H20F2N2O4. The van der Waals surface area contributed by atoms with E-state index in [4.69, 9.17) is 4.74 Å². The molecule has 1 atom stereocenters. The van der Waals surface area contributed by atoms with Gasteiger partial charge in [-0.25, -0.2) is 0 Å². The van der Waals surface area contributed by atoms with Crippen molar-refractivity contribution < 1.29 is 27.8 Å². The standard InChI is InChI=1S/C19H20F2N2O4/c1-13(23-17(24)12-26-15-8-3-2-4-9-15)18(25)22-11-14-7-5-6-10-16(14)27-19(20)21/h2-10,13,19H,11-12H2,1H3,(H,22,25)(H,23,24)/t13-/m1/s1. The topological polar surface area (TPSA) is 76.7 Å². The van der Waals surface area contributed by atoms with Crippen LogP contribution in [0.15, 0.2) is 54.6 Å². The van der Waals surface area contributed by atoms with Crippen LogP contribution in [0.3, 0.4) is 0 Å². The van der Waals surface area contributed by atoms with Crippen molar-refractivity contribution in [1.82, 2.24) is 10.6 Å². The van der Waals surface area contributed by atoms with Crippen molar-refractivity contribution in [2.24, 2.45) is 0 Å². The van der Waals surface area contributed by atoms with Gasteiger partial charge in [-0.2, -0.15) is 8.78 Å². The normalized spacial score (nSPS) is 11.6. The number of carbonyl (C=O) groups is 2. The fourth-order valence-corrected chi connectivity index (χ4v) is 2.21. The first-order chi connectivity index (χ1) is 13.0. The largest absolute Gasteiger partial charge is 0.484 e. The first-order valence-electron chi connectivity index (χ1n) is 8.23. The third kappa shape index (κ3) is 6.93. The van der Waals surface area contributed by atoms with E-state index >= 15 is 0 Å². The van der Waals surface area contributed by atoms with Gasteiger partial charge in [-0.3, -0.25) is 9.59 Å². The zero-order valence-corrected chi connectivity index (χ0v) is 14.7. The number of amides is 2. The van der Waals surface area contributed by atoms with Crippen molar-refractivity contribution >= 4 is 11.8 Å². The Hall–Kier alpha value is -3.16. The maximum absolute atomic E-state index is 12.4. The third-order valence-corrected chi connectivity index (χ3v) is 3.53. The van der Waals surface area contributed by atoms with Crippen LogP contribution in [0.2, 0.25) is 0 Å². The number of ether oxygens (including phenoxy) is 2. The van der Waals surface area contributed by atoms with Crippen molar-refractivity contribution in [1.29, 1.82) is 0 Å². The van der Waals surface area contributed by atoms with E-state index < -0.39 is 24.5 Å². The van der Waals surface area contributed by atoms with Crippen LogP contribution < -0.4 is 20.1 Å². The molecule has 2 amide bonds. The summed E-state index contributed by atoms with van der Waals surface area (Å²) in [5.74, 6) is -0.390. The molecule has 0 saturated carbocycles. The third-order valence-electron chi connectivity index (χ3n) is 3.53. The van der Waals surface area contributed by atoms with Crippen LogP contribution in [-0.2, 0) is 16.1 Å². The van der Waals surface area contributed by atoms with Crippen molar-refractivity contribution in [3.8, 4) is 11.5 Å². The molecule has 0 saturated heterocycles. The predicted molar refractivity (Wildman–Crippen MR) is 94.5 cm³/mol. The highest BCUT2D eigenvalue weighted by atomic mass is 19.3. The minimum Gasteiger partial charge on any atom is -0.484 e.